The molecule has 0 aliphatic carbocycles. The van der Waals surface area contributed by atoms with Gasteiger partial charge in [0.25, 0.3) is 0 Å². The summed E-state index contributed by atoms with van der Waals surface area (Å²) in [6, 6.07) is 11.2. The van der Waals surface area contributed by atoms with Gasteiger partial charge in [-0.3, -0.25) is 19.7 Å². The molecule has 2 aromatic rings. The van der Waals surface area contributed by atoms with Crippen LogP contribution in [0, 0.1) is 24.0 Å². The second kappa shape index (κ2) is 7.93. The molecule has 2 aromatic carbocycles. The summed E-state index contributed by atoms with van der Waals surface area (Å²) < 4.78 is 0. The molecular formula is C23H24N4O5S. The number of nitrogens with zero attached hydrogens (tertiary/aromatic N) is 1. The minimum absolute atomic E-state index is 0.0102. The Bertz CT molecular complexity index is 1170. The Labute approximate surface area is 194 Å². The second-order valence-corrected chi connectivity index (χ2v) is 9.65. The number of rotatable bonds is 5. The molecule has 4 N–H and O–H groups in total. The number of fused-ring (bicyclic) bond motifs is 4. The van der Waals surface area contributed by atoms with E-state index in [9.17, 15) is 24.8 Å². The maximum Gasteiger partial charge on any atom is 0.250 e. The number of nitrogens with one attached hydrogen (secondary N) is 3. The third kappa shape index (κ3) is 3.06. The molecule has 33 heavy (non-hydrogen) atoms. The van der Waals surface area contributed by atoms with E-state index in [4.69, 9.17) is 0 Å². The summed E-state index contributed by atoms with van der Waals surface area (Å²) >= 11 is 1.63. The van der Waals surface area contributed by atoms with Crippen molar-refractivity contribution in [3.05, 3.63) is 58.8 Å². The highest BCUT2D eigenvalue weighted by atomic mass is 32.2. The Morgan fingerprint density at radius 1 is 1.18 bits per heavy atom. The van der Waals surface area contributed by atoms with Crippen molar-refractivity contribution in [2.24, 2.45) is 11.8 Å². The molecule has 5 rings (SSSR count). The van der Waals surface area contributed by atoms with Gasteiger partial charge in [0.1, 0.15) is 5.54 Å². The van der Waals surface area contributed by atoms with Crippen molar-refractivity contribution in [1.29, 1.82) is 0 Å². The van der Waals surface area contributed by atoms with E-state index < -0.39 is 34.4 Å². The molecule has 2 fully saturated rings. The molecule has 9 nitrogen and oxygen atoms in total. The largest absolute Gasteiger partial charge is 0.595 e. The number of amides is 3. The van der Waals surface area contributed by atoms with Crippen LogP contribution in [0.15, 0.2) is 42.5 Å². The van der Waals surface area contributed by atoms with E-state index in [0.29, 0.717) is 23.2 Å². The zero-order valence-electron chi connectivity index (χ0n) is 18.1. The maximum atomic E-state index is 13.9. The molecule has 3 heterocycles. The van der Waals surface area contributed by atoms with Gasteiger partial charge < -0.3 is 10.5 Å². The van der Waals surface area contributed by atoms with Crippen molar-refractivity contribution in [3.8, 4) is 0 Å². The maximum absolute atomic E-state index is 13.9. The van der Waals surface area contributed by atoms with Gasteiger partial charge in [0.15, 0.2) is 5.69 Å². The summed E-state index contributed by atoms with van der Waals surface area (Å²) in [7, 11) is 0. The molecule has 3 aliphatic heterocycles. The lowest BCUT2D eigenvalue weighted by atomic mass is 9.76. The van der Waals surface area contributed by atoms with Gasteiger partial charge in [-0.1, -0.05) is 24.3 Å². The lowest BCUT2D eigenvalue weighted by molar-refractivity contribution is -0.991. The summed E-state index contributed by atoms with van der Waals surface area (Å²) in [6.07, 6.45) is 2.58. The standard InChI is InChI=1S/C23H24N4O5S/c1-12-7-8-13(27(31)32)11-17(12)26-20(28)18-16(9-10-33-2)25-23(19(18)21(26)29)14-5-3-4-6-15(14)24-22(23)30/h3-8,11,16,18-19,25,27,31H,9-10H2,1-2H3,(H,24,30). The molecule has 0 saturated carbocycles. The van der Waals surface area contributed by atoms with Crippen LogP contribution in [-0.2, 0) is 19.9 Å². The SMILES string of the molecule is CSCCC1NC2(C(=O)Nc3ccccc32)C2C(=O)N(c3cc([NH+]([O-])O)ccc3C)C(=O)C12. The van der Waals surface area contributed by atoms with Crippen LogP contribution < -0.4 is 20.8 Å². The van der Waals surface area contributed by atoms with Crippen molar-refractivity contribution in [2.45, 2.75) is 24.9 Å². The highest BCUT2D eigenvalue weighted by Gasteiger charge is 2.70. The second-order valence-electron chi connectivity index (χ2n) is 8.66. The van der Waals surface area contributed by atoms with Crippen LogP contribution in [0.3, 0.4) is 0 Å². The zero-order chi connectivity index (χ0) is 23.5. The average molecular weight is 469 g/mol. The van der Waals surface area contributed by atoms with E-state index in [0.717, 1.165) is 10.7 Å². The van der Waals surface area contributed by atoms with Gasteiger partial charge in [-0.15, -0.1) is 0 Å². The molecule has 2 saturated heterocycles. The average Bonchev–Trinajstić information content (AvgIpc) is 3.37. The predicted octanol–water partition coefficient (Wildman–Crippen LogP) is 1.08. The number of hydrogen-bond acceptors (Lipinski definition) is 7. The third-order valence-electron chi connectivity index (χ3n) is 6.95. The van der Waals surface area contributed by atoms with Crippen LogP contribution in [0.4, 0.5) is 17.1 Å². The smallest absolute Gasteiger partial charge is 0.250 e. The van der Waals surface area contributed by atoms with Crippen molar-refractivity contribution in [1.82, 2.24) is 5.32 Å². The van der Waals surface area contributed by atoms with Gasteiger partial charge in [0.2, 0.25) is 17.7 Å². The summed E-state index contributed by atoms with van der Waals surface area (Å²) in [4.78, 5) is 42.1. The zero-order valence-corrected chi connectivity index (χ0v) is 18.9. The molecule has 3 aliphatic rings. The minimum atomic E-state index is -1.34. The quantitative estimate of drug-likeness (QED) is 0.382. The number of benzene rings is 2. The van der Waals surface area contributed by atoms with Crippen molar-refractivity contribution < 1.29 is 24.8 Å². The lowest BCUT2D eigenvalue weighted by Crippen LogP contribution is -2.99. The van der Waals surface area contributed by atoms with Crippen molar-refractivity contribution in [3.63, 3.8) is 0 Å². The van der Waals surface area contributed by atoms with E-state index in [-0.39, 0.29) is 23.3 Å². The number of carbonyl (C=O) groups excluding carboxylic acids is 3. The van der Waals surface area contributed by atoms with Crippen LogP contribution >= 0.6 is 11.8 Å². The van der Waals surface area contributed by atoms with Crippen LogP contribution in [-0.4, -0.2) is 41.0 Å². The number of aryl methyl sites for hydroxylation is 1. The fraction of sp³-hybridized carbons (Fsp3) is 0.348. The van der Waals surface area contributed by atoms with E-state index in [2.05, 4.69) is 10.6 Å². The molecule has 172 valence electrons. The number of para-hydroxylation sites is 1. The third-order valence-corrected chi connectivity index (χ3v) is 7.60. The van der Waals surface area contributed by atoms with Crippen LogP contribution in [0.1, 0.15) is 17.5 Å². The number of hydrogen-bond donors (Lipinski definition) is 4. The molecule has 3 amide bonds. The van der Waals surface area contributed by atoms with Crippen molar-refractivity contribution in [2.75, 3.05) is 22.2 Å². The first-order valence-electron chi connectivity index (χ1n) is 10.7. The van der Waals surface area contributed by atoms with Gasteiger partial charge in [0, 0.05) is 29.4 Å². The lowest BCUT2D eigenvalue weighted by Gasteiger charge is -2.30. The Hall–Kier alpha value is -2.76. The molecular weight excluding hydrogens is 444 g/mol. The monoisotopic (exact) mass is 468 g/mol. The van der Waals surface area contributed by atoms with Gasteiger partial charge in [-0.05, 0) is 37.0 Å². The minimum Gasteiger partial charge on any atom is -0.595 e. The van der Waals surface area contributed by atoms with Crippen LogP contribution in [0.2, 0.25) is 0 Å². The molecule has 10 heteroatoms. The summed E-state index contributed by atoms with van der Waals surface area (Å²) in [5.41, 5.74) is 0.802. The van der Waals surface area contributed by atoms with E-state index in [1.807, 2.05) is 24.5 Å². The van der Waals surface area contributed by atoms with Crippen LogP contribution in [0.5, 0.6) is 0 Å². The summed E-state index contributed by atoms with van der Waals surface area (Å²) in [5.74, 6) is -2.12. The molecule has 0 radical (unpaired) electrons. The van der Waals surface area contributed by atoms with Crippen molar-refractivity contribution >= 4 is 46.5 Å². The molecule has 5 unspecified atom stereocenters. The highest BCUT2D eigenvalue weighted by molar-refractivity contribution is 7.98. The Morgan fingerprint density at radius 3 is 2.67 bits per heavy atom. The van der Waals surface area contributed by atoms with E-state index >= 15 is 0 Å². The fourth-order valence-electron chi connectivity index (χ4n) is 5.47. The van der Waals surface area contributed by atoms with Gasteiger partial charge in [-0.2, -0.15) is 17.0 Å². The number of anilines is 2. The number of imide groups is 1. The first-order chi connectivity index (χ1) is 15.8. The molecule has 5 atom stereocenters. The molecule has 0 bridgehead atoms. The Kier molecular flexibility index (Phi) is 5.30. The first kappa shape index (κ1) is 22.1. The fourth-order valence-corrected chi connectivity index (χ4v) is 5.96. The topological polar surface area (TPSA) is 126 Å². The van der Waals surface area contributed by atoms with Gasteiger partial charge in [0.05, 0.1) is 17.5 Å². The summed E-state index contributed by atoms with van der Waals surface area (Å²) in [6.45, 7) is 1.73. The molecule has 0 aromatic heterocycles. The highest BCUT2D eigenvalue weighted by Crippen LogP contribution is 2.54. The van der Waals surface area contributed by atoms with Crippen LogP contribution in [0.25, 0.3) is 0 Å². The number of thioether (sulfide) groups is 1. The number of carbonyl (C=O) groups is 3. The predicted molar refractivity (Wildman–Crippen MR) is 123 cm³/mol. The van der Waals surface area contributed by atoms with Gasteiger partial charge in [-0.25, -0.2) is 10.1 Å². The van der Waals surface area contributed by atoms with E-state index in [1.165, 1.54) is 12.1 Å². The van der Waals surface area contributed by atoms with Gasteiger partial charge >= 0.3 is 0 Å². The summed E-state index contributed by atoms with van der Waals surface area (Å²) in [5, 5.41) is 26.1. The Balaban J connectivity index is 1.65. The number of quaternary nitrogens is 1. The normalized spacial score (nSPS) is 28.9. The van der Waals surface area contributed by atoms with E-state index in [1.54, 1.807) is 30.8 Å². The first-order valence-corrected chi connectivity index (χ1v) is 12.1. The Morgan fingerprint density at radius 2 is 1.94 bits per heavy atom. The molecule has 1 spiro atoms.